The normalized spacial score (nSPS) is 14.3. The Bertz CT molecular complexity index is 251. The second-order valence-electron chi connectivity index (χ2n) is 5.42. The van der Waals surface area contributed by atoms with Crippen LogP contribution in [0.1, 0.15) is 53.4 Å². The fourth-order valence-electron chi connectivity index (χ4n) is 1.89. The standard InChI is InChI=1S/C15H30N2O2/c1-5-6-9-18-11-12-19-10-7-8-15(4,13-16)17-14(2)3/h14,17H,5-12H2,1-4H3. The Morgan fingerprint density at radius 2 is 1.68 bits per heavy atom. The van der Waals surface area contributed by atoms with E-state index in [1.165, 1.54) is 0 Å². The average Bonchev–Trinajstić information content (AvgIpc) is 2.36. The highest BCUT2D eigenvalue weighted by atomic mass is 16.5. The summed E-state index contributed by atoms with van der Waals surface area (Å²) >= 11 is 0. The van der Waals surface area contributed by atoms with Gasteiger partial charge in [0.15, 0.2) is 0 Å². The van der Waals surface area contributed by atoms with Crippen LogP contribution in [0.25, 0.3) is 0 Å². The first-order valence-corrected chi connectivity index (χ1v) is 7.38. The van der Waals surface area contributed by atoms with Crippen molar-refractivity contribution < 1.29 is 9.47 Å². The molecule has 0 aliphatic rings. The van der Waals surface area contributed by atoms with Crippen molar-refractivity contribution >= 4 is 0 Å². The second-order valence-corrected chi connectivity index (χ2v) is 5.42. The zero-order chi connectivity index (χ0) is 14.6. The van der Waals surface area contributed by atoms with Crippen LogP contribution >= 0.6 is 0 Å². The van der Waals surface area contributed by atoms with Crippen LogP contribution in [0, 0.1) is 11.3 Å². The lowest BCUT2D eigenvalue weighted by Gasteiger charge is -2.25. The second kappa shape index (κ2) is 11.2. The molecule has 0 spiro atoms. The molecule has 0 amide bonds. The van der Waals surface area contributed by atoms with Crippen molar-refractivity contribution in [3.05, 3.63) is 0 Å². The van der Waals surface area contributed by atoms with Crippen molar-refractivity contribution in [2.45, 2.75) is 65.0 Å². The van der Waals surface area contributed by atoms with Crippen LogP contribution in [0.3, 0.4) is 0 Å². The maximum Gasteiger partial charge on any atom is 0.104 e. The van der Waals surface area contributed by atoms with E-state index in [1.54, 1.807) is 0 Å². The van der Waals surface area contributed by atoms with Crippen LogP contribution in [-0.2, 0) is 9.47 Å². The SMILES string of the molecule is CCCCOCCOCCCC(C)(C#N)NC(C)C. The smallest absolute Gasteiger partial charge is 0.104 e. The van der Waals surface area contributed by atoms with Gasteiger partial charge in [-0.3, -0.25) is 5.32 Å². The van der Waals surface area contributed by atoms with E-state index < -0.39 is 5.54 Å². The molecule has 0 aromatic heterocycles. The molecule has 4 heteroatoms. The molecule has 0 aromatic rings. The third-order valence-corrected chi connectivity index (χ3v) is 2.83. The molecule has 19 heavy (non-hydrogen) atoms. The van der Waals surface area contributed by atoms with Crippen LogP contribution < -0.4 is 5.32 Å². The Morgan fingerprint density at radius 3 is 2.16 bits per heavy atom. The van der Waals surface area contributed by atoms with Gasteiger partial charge in [-0.25, -0.2) is 0 Å². The van der Waals surface area contributed by atoms with Crippen LogP contribution in [-0.4, -0.2) is 38.0 Å². The van der Waals surface area contributed by atoms with Gasteiger partial charge in [0.05, 0.1) is 19.3 Å². The zero-order valence-electron chi connectivity index (χ0n) is 13.0. The molecule has 112 valence electrons. The highest BCUT2D eigenvalue weighted by Gasteiger charge is 2.23. The Balaban J connectivity index is 3.49. The van der Waals surface area contributed by atoms with Crippen LogP contribution in [0.4, 0.5) is 0 Å². The molecule has 0 bridgehead atoms. The lowest BCUT2D eigenvalue weighted by Crippen LogP contribution is -2.45. The molecule has 1 atom stereocenters. The number of hydrogen-bond acceptors (Lipinski definition) is 4. The van der Waals surface area contributed by atoms with E-state index in [0.29, 0.717) is 25.9 Å². The largest absolute Gasteiger partial charge is 0.379 e. The van der Waals surface area contributed by atoms with Gasteiger partial charge >= 0.3 is 0 Å². The minimum Gasteiger partial charge on any atom is -0.379 e. The van der Waals surface area contributed by atoms with Gasteiger partial charge < -0.3 is 9.47 Å². The van der Waals surface area contributed by atoms with Crippen LogP contribution in [0.15, 0.2) is 0 Å². The highest BCUT2D eigenvalue weighted by Crippen LogP contribution is 2.12. The van der Waals surface area contributed by atoms with Gasteiger partial charge in [0.25, 0.3) is 0 Å². The molecule has 0 saturated heterocycles. The van der Waals surface area contributed by atoms with Gasteiger partial charge in [-0.2, -0.15) is 5.26 Å². The Hall–Kier alpha value is -0.630. The number of nitriles is 1. The maximum atomic E-state index is 9.18. The van der Waals surface area contributed by atoms with Gasteiger partial charge in [-0.15, -0.1) is 0 Å². The first-order chi connectivity index (χ1) is 9.04. The first kappa shape index (κ1) is 18.4. The summed E-state index contributed by atoms with van der Waals surface area (Å²) in [7, 11) is 0. The highest BCUT2D eigenvalue weighted by molar-refractivity contribution is 5.04. The molecule has 0 fully saturated rings. The summed E-state index contributed by atoms with van der Waals surface area (Å²) < 4.78 is 10.9. The van der Waals surface area contributed by atoms with Gasteiger partial charge in [0, 0.05) is 19.3 Å². The maximum absolute atomic E-state index is 9.18. The van der Waals surface area contributed by atoms with Crippen LogP contribution in [0.2, 0.25) is 0 Å². The lowest BCUT2D eigenvalue weighted by atomic mass is 9.97. The average molecular weight is 270 g/mol. The molecule has 0 aliphatic heterocycles. The van der Waals surface area contributed by atoms with Gasteiger partial charge in [0.2, 0.25) is 0 Å². The van der Waals surface area contributed by atoms with E-state index in [1.807, 2.05) is 6.92 Å². The van der Waals surface area contributed by atoms with Crippen molar-refractivity contribution in [3.8, 4) is 6.07 Å². The summed E-state index contributed by atoms with van der Waals surface area (Å²) in [5, 5.41) is 12.5. The number of rotatable bonds is 12. The minimum absolute atomic E-state index is 0.317. The number of ether oxygens (including phenoxy) is 2. The summed E-state index contributed by atoms with van der Waals surface area (Å²) in [6, 6.07) is 2.66. The third-order valence-electron chi connectivity index (χ3n) is 2.83. The number of nitrogens with one attached hydrogen (secondary N) is 1. The van der Waals surface area contributed by atoms with Crippen LogP contribution in [0.5, 0.6) is 0 Å². The Kier molecular flexibility index (Phi) is 10.8. The van der Waals surface area contributed by atoms with E-state index >= 15 is 0 Å². The molecule has 1 N–H and O–H groups in total. The number of unbranched alkanes of at least 4 members (excludes halogenated alkanes) is 1. The summed E-state index contributed by atoms with van der Waals surface area (Å²) in [5.41, 5.74) is -0.449. The van der Waals surface area contributed by atoms with E-state index in [0.717, 1.165) is 32.3 Å². The molecule has 0 radical (unpaired) electrons. The fourth-order valence-corrected chi connectivity index (χ4v) is 1.89. The first-order valence-electron chi connectivity index (χ1n) is 7.38. The van der Waals surface area contributed by atoms with E-state index in [9.17, 15) is 5.26 Å². The molecule has 0 saturated carbocycles. The van der Waals surface area contributed by atoms with Gasteiger partial charge in [-0.05, 0) is 40.0 Å². The van der Waals surface area contributed by atoms with E-state index in [2.05, 4.69) is 32.2 Å². The predicted octanol–water partition coefficient (Wildman–Crippen LogP) is 2.88. The number of nitrogens with zero attached hydrogens (tertiary/aromatic N) is 1. The summed E-state index contributed by atoms with van der Waals surface area (Å²) in [5.74, 6) is 0. The third kappa shape index (κ3) is 10.9. The van der Waals surface area contributed by atoms with Crippen molar-refractivity contribution in [1.82, 2.24) is 5.32 Å². The van der Waals surface area contributed by atoms with E-state index in [4.69, 9.17) is 9.47 Å². The van der Waals surface area contributed by atoms with Crippen molar-refractivity contribution in [2.75, 3.05) is 26.4 Å². The molecule has 0 heterocycles. The minimum atomic E-state index is -0.449. The molecule has 1 unspecified atom stereocenters. The molecule has 4 nitrogen and oxygen atoms in total. The zero-order valence-corrected chi connectivity index (χ0v) is 13.0. The summed E-state index contributed by atoms with van der Waals surface area (Å²) in [6.07, 6.45) is 3.97. The predicted molar refractivity (Wildman–Crippen MR) is 78.1 cm³/mol. The van der Waals surface area contributed by atoms with Crippen molar-refractivity contribution in [2.24, 2.45) is 0 Å². The summed E-state index contributed by atoms with van der Waals surface area (Å²) in [4.78, 5) is 0. The lowest BCUT2D eigenvalue weighted by molar-refractivity contribution is 0.0442. The van der Waals surface area contributed by atoms with Gasteiger partial charge in [0.1, 0.15) is 5.54 Å². The molecular weight excluding hydrogens is 240 g/mol. The molecule has 0 aromatic carbocycles. The molecule has 0 aliphatic carbocycles. The molecular formula is C15H30N2O2. The quantitative estimate of drug-likeness (QED) is 0.554. The topological polar surface area (TPSA) is 54.3 Å². The molecule has 0 rings (SSSR count). The van der Waals surface area contributed by atoms with Crippen molar-refractivity contribution in [1.29, 1.82) is 5.26 Å². The monoisotopic (exact) mass is 270 g/mol. The summed E-state index contributed by atoms with van der Waals surface area (Å²) in [6.45, 7) is 11.0. The number of hydrogen-bond donors (Lipinski definition) is 1. The van der Waals surface area contributed by atoms with Crippen molar-refractivity contribution in [3.63, 3.8) is 0 Å². The van der Waals surface area contributed by atoms with Gasteiger partial charge in [-0.1, -0.05) is 13.3 Å². The van der Waals surface area contributed by atoms with E-state index in [-0.39, 0.29) is 0 Å². The Labute approximate surface area is 118 Å². The Morgan fingerprint density at radius 1 is 1.11 bits per heavy atom. The fraction of sp³-hybridized carbons (Fsp3) is 0.933.